The number of benzene rings is 1. The van der Waals surface area contributed by atoms with Crippen molar-refractivity contribution in [3.63, 3.8) is 0 Å². The molecule has 0 bridgehead atoms. The van der Waals surface area contributed by atoms with Crippen LogP contribution >= 0.6 is 0 Å². The van der Waals surface area contributed by atoms with Crippen molar-refractivity contribution in [2.24, 2.45) is 5.41 Å². The molecule has 0 saturated heterocycles. The summed E-state index contributed by atoms with van der Waals surface area (Å²) in [5.41, 5.74) is 0.372. The molecule has 100 valence electrons. The molecule has 18 heavy (non-hydrogen) atoms. The molecule has 2 rings (SSSR count). The first-order valence-corrected chi connectivity index (χ1v) is 7.69. The molecular formula is C13H17O4Si-3. The zero-order chi connectivity index (χ0) is 13.6. The van der Waals surface area contributed by atoms with E-state index in [1.807, 2.05) is 38.1 Å². The molecule has 0 N–H and O–H groups in total. The van der Waals surface area contributed by atoms with Gasteiger partial charge in [0.25, 0.3) is 0 Å². The molecule has 0 aromatic heterocycles. The van der Waals surface area contributed by atoms with E-state index in [2.05, 4.69) is 0 Å². The third-order valence-electron chi connectivity index (χ3n) is 4.17. The Labute approximate surface area is 108 Å². The molecule has 0 heterocycles. The van der Waals surface area contributed by atoms with Gasteiger partial charge in [-0.15, -0.1) is 9.05 Å². The Hall–Kier alpha value is -0.723. The number of fused-ring (bicyclic) bond motifs is 1. The highest BCUT2D eigenvalue weighted by molar-refractivity contribution is 6.42. The Kier molecular flexibility index (Phi) is 3.15. The van der Waals surface area contributed by atoms with E-state index in [-0.39, 0.29) is 0 Å². The van der Waals surface area contributed by atoms with Crippen LogP contribution in [0.1, 0.15) is 38.3 Å². The smallest absolute Gasteiger partial charge is 0.0790 e. The van der Waals surface area contributed by atoms with E-state index >= 15 is 0 Å². The first-order valence-electron chi connectivity index (χ1n) is 6.06. The van der Waals surface area contributed by atoms with E-state index in [1.54, 1.807) is 6.92 Å². The van der Waals surface area contributed by atoms with Gasteiger partial charge in [-0.2, -0.15) is 0 Å². The summed E-state index contributed by atoms with van der Waals surface area (Å²) in [6.45, 7) is 5.56. The minimum Gasteiger partial charge on any atom is -0.861 e. The molecule has 0 radical (unpaired) electrons. The monoisotopic (exact) mass is 265 g/mol. The van der Waals surface area contributed by atoms with Crippen LogP contribution in [0.15, 0.2) is 24.3 Å². The van der Waals surface area contributed by atoms with Gasteiger partial charge in [-0.1, -0.05) is 38.1 Å². The van der Waals surface area contributed by atoms with Gasteiger partial charge in [0.2, 0.25) is 0 Å². The van der Waals surface area contributed by atoms with Crippen molar-refractivity contribution in [3.8, 4) is 0 Å². The number of rotatable bonds is 2. The standard InChI is InChI=1S/C13H17O4Si/c1-12(2)9-8-10-6-4-5-7-11(10)13(12,3)17-18(14,15)16/h4-7H,8-9H2,1-3H3/q-3/t13-/m0/s1. The number of hydrogen-bond donors (Lipinski definition) is 0. The second-order valence-electron chi connectivity index (χ2n) is 5.68. The molecule has 0 aliphatic heterocycles. The average molecular weight is 265 g/mol. The average Bonchev–Trinajstić information content (AvgIpc) is 2.23. The normalized spacial score (nSPS) is 26.8. The quantitative estimate of drug-likeness (QED) is 0.669. The van der Waals surface area contributed by atoms with Crippen molar-refractivity contribution < 1.29 is 18.8 Å². The summed E-state index contributed by atoms with van der Waals surface area (Å²) in [6, 6.07) is 7.55. The Morgan fingerprint density at radius 2 is 1.72 bits per heavy atom. The van der Waals surface area contributed by atoms with Gasteiger partial charge in [-0.25, -0.2) is 0 Å². The SMILES string of the molecule is CC1(C)CCc2ccccc2[C@]1(C)O[Si]([O-])([O-])[O-]. The molecule has 1 aromatic rings. The molecule has 0 fully saturated rings. The van der Waals surface area contributed by atoms with E-state index in [0.717, 1.165) is 24.0 Å². The van der Waals surface area contributed by atoms with Crippen LogP contribution < -0.4 is 14.4 Å². The summed E-state index contributed by atoms with van der Waals surface area (Å²) in [7, 11) is -5.32. The van der Waals surface area contributed by atoms with Crippen LogP contribution in [0.2, 0.25) is 0 Å². The summed E-state index contributed by atoms with van der Waals surface area (Å²) in [6.07, 6.45) is 1.65. The lowest BCUT2D eigenvalue weighted by molar-refractivity contribution is -0.550. The minimum absolute atomic E-state index is 0.404. The first-order chi connectivity index (χ1) is 8.16. The molecule has 5 heteroatoms. The molecule has 1 aliphatic carbocycles. The number of hydrogen-bond acceptors (Lipinski definition) is 4. The lowest BCUT2D eigenvalue weighted by Crippen LogP contribution is -2.78. The van der Waals surface area contributed by atoms with Crippen molar-refractivity contribution in [1.82, 2.24) is 0 Å². The summed E-state index contributed by atoms with van der Waals surface area (Å²) in [5.74, 6) is 0. The van der Waals surface area contributed by atoms with Crippen LogP contribution in [-0.2, 0) is 16.4 Å². The molecule has 1 aromatic carbocycles. The molecule has 0 spiro atoms. The first kappa shape index (κ1) is 13.7. The maximum Gasteiger partial charge on any atom is 0.0790 e. The lowest BCUT2D eigenvalue weighted by Gasteiger charge is -2.63. The summed E-state index contributed by atoms with van der Waals surface area (Å²) in [4.78, 5) is 33.2. The van der Waals surface area contributed by atoms with Gasteiger partial charge in [0.1, 0.15) is 0 Å². The predicted octanol–water partition coefficient (Wildman–Crippen LogP) is -0.593. The third-order valence-corrected chi connectivity index (χ3v) is 4.83. The van der Waals surface area contributed by atoms with Crippen molar-refractivity contribution in [2.45, 2.75) is 39.2 Å². The summed E-state index contributed by atoms with van der Waals surface area (Å²) in [5, 5.41) is 0. The molecule has 1 atom stereocenters. The van der Waals surface area contributed by atoms with Gasteiger partial charge < -0.3 is 18.8 Å². The van der Waals surface area contributed by atoms with Gasteiger partial charge in [0, 0.05) is 0 Å². The van der Waals surface area contributed by atoms with Crippen LogP contribution in [0.4, 0.5) is 0 Å². The van der Waals surface area contributed by atoms with Crippen molar-refractivity contribution in [3.05, 3.63) is 35.4 Å². The minimum atomic E-state index is -5.32. The highest BCUT2D eigenvalue weighted by atomic mass is 28.4. The fourth-order valence-corrected chi connectivity index (χ4v) is 3.58. The van der Waals surface area contributed by atoms with Gasteiger partial charge in [-0.3, -0.25) is 0 Å². The molecule has 4 nitrogen and oxygen atoms in total. The molecule has 1 aliphatic rings. The second kappa shape index (κ2) is 4.14. The van der Waals surface area contributed by atoms with E-state index in [0.29, 0.717) is 0 Å². The maximum absolute atomic E-state index is 11.1. The Bertz CT molecular complexity index is 453. The predicted molar refractivity (Wildman–Crippen MR) is 62.7 cm³/mol. The topological polar surface area (TPSA) is 78.4 Å². The molecule has 0 amide bonds. The maximum atomic E-state index is 11.1. The van der Waals surface area contributed by atoms with Crippen LogP contribution in [0, 0.1) is 5.41 Å². The Balaban J connectivity index is 2.53. The third kappa shape index (κ3) is 2.24. The van der Waals surface area contributed by atoms with E-state index in [9.17, 15) is 14.4 Å². The van der Waals surface area contributed by atoms with Crippen molar-refractivity contribution >= 4 is 9.05 Å². The fraction of sp³-hybridized carbons (Fsp3) is 0.538. The molecule has 0 unspecified atom stereocenters. The van der Waals surface area contributed by atoms with Crippen LogP contribution in [0.5, 0.6) is 0 Å². The van der Waals surface area contributed by atoms with E-state index < -0.39 is 20.1 Å². The second-order valence-corrected chi connectivity index (χ2v) is 6.88. The molecule has 0 saturated carbocycles. The van der Waals surface area contributed by atoms with Gasteiger partial charge in [0.05, 0.1) is 5.60 Å². The van der Waals surface area contributed by atoms with Gasteiger partial charge in [0.15, 0.2) is 0 Å². The lowest BCUT2D eigenvalue weighted by atomic mass is 9.64. The van der Waals surface area contributed by atoms with Gasteiger partial charge in [-0.05, 0) is 36.3 Å². The Morgan fingerprint density at radius 1 is 1.11 bits per heavy atom. The zero-order valence-electron chi connectivity index (χ0n) is 10.9. The molecular weight excluding hydrogens is 248 g/mol. The fourth-order valence-electron chi connectivity index (χ4n) is 2.70. The summed E-state index contributed by atoms with van der Waals surface area (Å²) >= 11 is 0. The van der Waals surface area contributed by atoms with E-state index in [4.69, 9.17) is 4.43 Å². The number of aryl methyl sites for hydroxylation is 1. The highest BCUT2D eigenvalue weighted by Crippen LogP contribution is 2.50. The highest BCUT2D eigenvalue weighted by Gasteiger charge is 2.46. The van der Waals surface area contributed by atoms with Crippen LogP contribution in [-0.4, -0.2) is 9.05 Å². The Morgan fingerprint density at radius 3 is 2.33 bits per heavy atom. The summed E-state index contributed by atoms with van der Waals surface area (Å²) < 4.78 is 4.98. The van der Waals surface area contributed by atoms with Crippen molar-refractivity contribution in [2.75, 3.05) is 0 Å². The van der Waals surface area contributed by atoms with Crippen LogP contribution in [0.3, 0.4) is 0 Å². The zero-order valence-corrected chi connectivity index (χ0v) is 11.9. The largest absolute Gasteiger partial charge is 0.861 e. The van der Waals surface area contributed by atoms with E-state index in [1.165, 1.54) is 0 Å². The van der Waals surface area contributed by atoms with Crippen molar-refractivity contribution in [1.29, 1.82) is 0 Å². The van der Waals surface area contributed by atoms with Crippen LogP contribution in [0.25, 0.3) is 0 Å². The van der Waals surface area contributed by atoms with Gasteiger partial charge >= 0.3 is 0 Å².